The van der Waals surface area contributed by atoms with Crippen LogP contribution >= 0.6 is 23.2 Å². The molecule has 0 saturated heterocycles. The molecule has 0 amide bonds. The predicted octanol–water partition coefficient (Wildman–Crippen LogP) is 5.56. The smallest absolute Gasteiger partial charge is 0.225 e. The van der Waals surface area contributed by atoms with Crippen molar-refractivity contribution in [1.29, 1.82) is 0 Å². The van der Waals surface area contributed by atoms with Gasteiger partial charge in [-0.05, 0) is 30.2 Å². The zero-order valence-electron chi connectivity index (χ0n) is 16.4. The molecule has 1 aliphatic rings. The number of benzene rings is 2. The second kappa shape index (κ2) is 8.60. The van der Waals surface area contributed by atoms with Gasteiger partial charge < -0.3 is 19.3 Å². The van der Waals surface area contributed by atoms with Crippen molar-refractivity contribution in [1.82, 2.24) is 9.78 Å². The summed E-state index contributed by atoms with van der Waals surface area (Å²) in [4.78, 5) is 0. The topological polar surface area (TPSA) is 65.7 Å². The van der Waals surface area contributed by atoms with Gasteiger partial charge in [-0.25, -0.2) is 4.68 Å². The Kier molecular flexibility index (Phi) is 5.90. The summed E-state index contributed by atoms with van der Waals surface area (Å²) in [6, 6.07) is 10.8. The van der Waals surface area contributed by atoms with Crippen molar-refractivity contribution in [3.05, 3.63) is 69.3 Å². The summed E-state index contributed by atoms with van der Waals surface area (Å²) in [6.07, 6.45) is 3.63. The molecule has 0 aliphatic heterocycles. The molecule has 156 valence electrons. The van der Waals surface area contributed by atoms with Gasteiger partial charge >= 0.3 is 0 Å². The average molecular weight is 447 g/mol. The average Bonchev–Trinajstić information content (AvgIpc) is 3.06. The quantitative estimate of drug-likeness (QED) is 0.536. The Morgan fingerprint density at radius 2 is 1.87 bits per heavy atom. The number of hydrogen-bond donors (Lipinski definition) is 1. The van der Waals surface area contributed by atoms with Crippen molar-refractivity contribution in [3.8, 4) is 23.1 Å². The summed E-state index contributed by atoms with van der Waals surface area (Å²) in [5.41, 5.74) is 2.27. The van der Waals surface area contributed by atoms with Crippen LogP contribution in [0.25, 0.3) is 6.08 Å². The van der Waals surface area contributed by atoms with Crippen molar-refractivity contribution in [2.45, 2.75) is 19.1 Å². The molecule has 4 rings (SSSR count). The molecule has 0 radical (unpaired) electrons. The van der Waals surface area contributed by atoms with E-state index in [0.29, 0.717) is 46.1 Å². The Labute approximate surface area is 184 Å². The maximum absolute atomic E-state index is 10.2. The van der Waals surface area contributed by atoms with E-state index in [1.165, 1.54) is 0 Å². The van der Waals surface area contributed by atoms with Crippen molar-refractivity contribution in [2.75, 3.05) is 7.11 Å². The van der Waals surface area contributed by atoms with Gasteiger partial charge in [0.25, 0.3) is 0 Å². The van der Waals surface area contributed by atoms with Gasteiger partial charge in [-0.1, -0.05) is 47.5 Å². The summed E-state index contributed by atoms with van der Waals surface area (Å²) in [6.45, 7) is 0.320. The fourth-order valence-corrected chi connectivity index (χ4v) is 3.66. The van der Waals surface area contributed by atoms with Crippen molar-refractivity contribution < 1.29 is 19.3 Å². The van der Waals surface area contributed by atoms with Gasteiger partial charge in [0.2, 0.25) is 5.88 Å². The molecule has 30 heavy (non-hydrogen) atoms. The van der Waals surface area contributed by atoms with E-state index in [-0.39, 0.29) is 0 Å². The van der Waals surface area contributed by atoms with E-state index in [1.807, 2.05) is 36.4 Å². The fraction of sp³-hybridized carbons (Fsp3) is 0.227. The highest BCUT2D eigenvalue weighted by Gasteiger charge is 2.25. The maximum Gasteiger partial charge on any atom is 0.225 e. The zero-order chi connectivity index (χ0) is 21.3. The number of hydrogen-bond acceptors (Lipinski definition) is 5. The molecule has 1 N–H and O–H groups in total. The minimum absolute atomic E-state index is 0.320. The van der Waals surface area contributed by atoms with Crippen molar-refractivity contribution in [3.63, 3.8) is 0 Å². The van der Waals surface area contributed by atoms with Crippen LogP contribution < -0.4 is 14.2 Å². The Morgan fingerprint density at radius 3 is 2.60 bits per heavy atom. The van der Waals surface area contributed by atoms with Crippen LogP contribution in [0.1, 0.15) is 29.3 Å². The molecule has 0 fully saturated rings. The first kappa shape index (κ1) is 20.6. The number of aromatic nitrogens is 2. The number of rotatable bonds is 6. The van der Waals surface area contributed by atoms with Gasteiger partial charge in [0.1, 0.15) is 29.9 Å². The highest BCUT2D eigenvalue weighted by Crippen LogP contribution is 2.41. The van der Waals surface area contributed by atoms with E-state index in [0.717, 1.165) is 16.9 Å². The standard InChI is InChI=1S/C22H20Cl2N2O4/c1-26-22(15-4-3-5-18(27)21(15)25-26)30-20-11-19(16(23)10-17(20)24)29-12-13-6-8-14(28-2)9-7-13/h3-4,6-11,18,27H,5,12H2,1-2H3. The van der Waals surface area contributed by atoms with E-state index < -0.39 is 6.10 Å². The number of fused-ring (bicyclic) bond motifs is 1. The van der Waals surface area contributed by atoms with Gasteiger partial charge in [0.15, 0.2) is 5.75 Å². The Balaban J connectivity index is 1.57. The van der Waals surface area contributed by atoms with E-state index in [9.17, 15) is 5.11 Å². The lowest BCUT2D eigenvalue weighted by Crippen LogP contribution is -2.02. The Bertz CT molecular complexity index is 1090. The van der Waals surface area contributed by atoms with Crippen LogP contribution in [0.2, 0.25) is 10.0 Å². The second-order valence-electron chi connectivity index (χ2n) is 6.83. The minimum Gasteiger partial charge on any atom is -0.497 e. The number of aryl methyl sites for hydroxylation is 1. The molecule has 8 heteroatoms. The SMILES string of the molecule is COc1ccc(COc2cc(Oc3c4c(nn3C)C(O)CC=C4)c(Cl)cc2Cl)cc1. The molecule has 6 nitrogen and oxygen atoms in total. The number of aliphatic hydroxyl groups is 1. The molecule has 3 aromatic rings. The first-order valence-electron chi connectivity index (χ1n) is 9.30. The third-order valence-corrected chi connectivity index (χ3v) is 5.35. The summed E-state index contributed by atoms with van der Waals surface area (Å²) in [5, 5.41) is 15.2. The molecule has 1 aromatic heterocycles. The first-order chi connectivity index (χ1) is 14.5. The molecule has 1 aliphatic carbocycles. The Morgan fingerprint density at radius 1 is 1.13 bits per heavy atom. The monoisotopic (exact) mass is 446 g/mol. The number of methoxy groups -OCH3 is 1. The minimum atomic E-state index is -0.655. The third-order valence-electron chi connectivity index (χ3n) is 4.76. The first-order valence-corrected chi connectivity index (χ1v) is 10.1. The van der Waals surface area contributed by atoms with Crippen molar-refractivity contribution >= 4 is 29.3 Å². The lowest BCUT2D eigenvalue weighted by molar-refractivity contribution is 0.174. The van der Waals surface area contributed by atoms with Crippen LogP contribution in [-0.4, -0.2) is 22.0 Å². The van der Waals surface area contributed by atoms with Gasteiger partial charge in [0.05, 0.1) is 22.7 Å². The van der Waals surface area contributed by atoms with E-state index >= 15 is 0 Å². The van der Waals surface area contributed by atoms with Crippen molar-refractivity contribution in [2.24, 2.45) is 7.05 Å². The number of halogens is 2. The van der Waals surface area contributed by atoms with Crippen LogP contribution in [0.3, 0.4) is 0 Å². The number of aliphatic hydroxyl groups excluding tert-OH is 1. The second-order valence-corrected chi connectivity index (χ2v) is 7.65. The summed E-state index contributed by atoms with van der Waals surface area (Å²) >= 11 is 12.7. The fourth-order valence-electron chi connectivity index (χ4n) is 3.18. The molecular weight excluding hydrogens is 427 g/mol. The highest BCUT2D eigenvalue weighted by molar-refractivity contribution is 6.36. The van der Waals surface area contributed by atoms with Crippen LogP contribution in [0, 0.1) is 0 Å². The van der Waals surface area contributed by atoms with Gasteiger partial charge in [-0.15, -0.1) is 0 Å². The summed E-state index contributed by atoms with van der Waals surface area (Å²) in [5.74, 6) is 2.08. The largest absolute Gasteiger partial charge is 0.497 e. The molecule has 0 spiro atoms. The Hall–Kier alpha value is -2.67. The molecule has 2 aromatic carbocycles. The highest BCUT2D eigenvalue weighted by atomic mass is 35.5. The van der Waals surface area contributed by atoms with Gasteiger partial charge in [0, 0.05) is 13.1 Å². The lowest BCUT2D eigenvalue weighted by Gasteiger charge is -2.14. The molecule has 1 heterocycles. The number of ether oxygens (including phenoxy) is 3. The molecule has 0 bridgehead atoms. The van der Waals surface area contributed by atoms with Crippen LogP contribution in [0.4, 0.5) is 0 Å². The molecule has 0 saturated carbocycles. The molecular formula is C22H20Cl2N2O4. The van der Waals surface area contributed by atoms with Crippen LogP contribution in [-0.2, 0) is 13.7 Å². The maximum atomic E-state index is 10.2. The zero-order valence-corrected chi connectivity index (χ0v) is 17.9. The van der Waals surface area contributed by atoms with E-state index in [2.05, 4.69) is 5.10 Å². The predicted molar refractivity (Wildman–Crippen MR) is 116 cm³/mol. The molecule has 1 atom stereocenters. The van der Waals surface area contributed by atoms with Crippen LogP contribution in [0.15, 0.2) is 42.5 Å². The van der Waals surface area contributed by atoms with Gasteiger partial charge in [-0.2, -0.15) is 5.10 Å². The summed E-state index contributed by atoms with van der Waals surface area (Å²) < 4.78 is 18.7. The van der Waals surface area contributed by atoms with Gasteiger partial charge in [-0.3, -0.25) is 0 Å². The third kappa shape index (κ3) is 4.12. The van der Waals surface area contributed by atoms with Crippen LogP contribution in [0.5, 0.6) is 23.1 Å². The number of nitrogens with zero attached hydrogens (tertiary/aromatic N) is 2. The lowest BCUT2D eigenvalue weighted by atomic mass is 10.0. The summed E-state index contributed by atoms with van der Waals surface area (Å²) in [7, 11) is 3.37. The van der Waals surface area contributed by atoms with E-state index in [1.54, 1.807) is 31.0 Å². The molecule has 1 unspecified atom stereocenters. The van der Waals surface area contributed by atoms with E-state index in [4.69, 9.17) is 37.4 Å². The normalized spacial score (nSPS) is 15.0.